The van der Waals surface area contributed by atoms with Gasteiger partial charge in [0.15, 0.2) is 0 Å². The van der Waals surface area contributed by atoms with Gasteiger partial charge in [0.1, 0.15) is 6.54 Å². The second-order valence-electron chi connectivity index (χ2n) is 7.02. The van der Waals surface area contributed by atoms with Crippen LogP contribution in [-0.2, 0) is 14.8 Å². The number of nitro benzene ring substituents is 1. The molecule has 160 valence electrons. The van der Waals surface area contributed by atoms with Gasteiger partial charge in [-0.05, 0) is 61.4 Å². The molecule has 0 saturated carbocycles. The van der Waals surface area contributed by atoms with E-state index >= 15 is 0 Å². The molecule has 3 rings (SSSR count). The summed E-state index contributed by atoms with van der Waals surface area (Å²) in [5.74, 6) is -0.539. The van der Waals surface area contributed by atoms with Gasteiger partial charge in [0.05, 0.1) is 15.5 Å². The van der Waals surface area contributed by atoms with Crippen molar-refractivity contribution in [3.8, 4) is 0 Å². The molecule has 0 aliphatic rings. The highest BCUT2D eigenvalue weighted by molar-refractivity contribution is 7.92. The molecular weight excluding hydrogens is 418 g/mol. The van der Waals surface area contributed by atoms with E-state index < -0.39 is 27.4 Å². The number of amides is 1. The smallest absolute Gasteiger partial charge is 0.269 e. The predicted octanol–water partition coefficient (Wildman–Crippen LogP) is 4.05. The minimum Gasteiger partial charge on any atom is -0.324 e. The number of hydrogen-bond donors (Lipinski definition) is 1. The highest BCUT2D eigenvalue weighted by Crippen LogP contribution is 2.26. The van der Waals surface area contributed by atoms with Crippen LogP contribution < -0.4 is 9.62 Å². The normalized spacial score (nSPS) is 11.0. The fourth-order valence-corrected chi connectivity index (χ4v) is 4.60. The van der Waals surface area contributed by atoms with E-state index in [4.69, 9.17) is 0 Å². The minimum absolute atomic E-state index is 0.00699. The van der Waals surface area contributed by atoms with E-state index in [1.54, 1.807) is 30.3 Å². The van der Waals surface area contributed by atoms with Gasteiger partial charge in [-0.15, -0.1) is 0 Å². The van der Waals surface area contributed by atoms with Gasteiger partial charge < -0.3 is 5.32 Å². The molecule has 0 atom stereocenters. The minimum atomic E-state index is -4.09. The fraction of sp³-hybridized carbons (Fsp3) is 0.136. The Morgan fingerprint density at radius 1 is 0.968 bits per heavy atom. The van der Waals surface area contributed by atoms with Crippen LogP contribution in [0.15, 0.2) is 77.7 Å². The molecular formula is C22H21N3O5S. The number of nitrogens with zero attached hydrogens (tertiary/aromatic N) is 2. The van der Waals surface area contributed by atoms with Crippen LogP contribution in [-0.4, -0.2) is 25.8 Å². The molecule has 0 fully saturated rings. The number of hydrogen-bond acceptors (Lipinski definition) is 5. The number of rotatable bonds is 7. The van der Waals surface area contributed by atoms with Crippen LogP contribution in [0.5, 0.6) is 0 Å². The van der Waals surface area contributed by atoms with Crippen molar-refractivity contribution >= 4 is 33.0 Å². The van der Waals surface area contributed by atoms with Crippen LogP contribution in [0.3, 0.4) is 0 Å². The summed E-state index contributed by atoms with van der Waals surface area (Å²) in [6.45, 7) is 3.29. The van der Waals surface area contributed by atoms with Crippen LogP contribution in [0.2, 0.25) is 0 Å². The van der Waals surface area contributed by atoms with Gasteiger partial charge in [-0.25, -0.2) is 8.42 Å². The lowest BCUT2D eigenvalue weighted by molar-refractivity contribution is -0.384. The van der Waals surface area contributed by atoms with E-state index in [-0.39, 0.29) is 16.3 Å². The van der Waals surface area contributed by atoms with Crippen molar-refractivity contribution in [2.45, 2.75) is 18.7 Å². The van der Waals surface area contributed by atoms with Gasteiger partial charge in [0, 0.05) is 17.8 Å². The maximum atomic E-state index is 13.3. The Balaban J connectivity index is 1.95. The van der Waals surface area contributed by atoms with E-state index in [1.165, 1.54) is 36.4 Å². The standard InChI is InChI=1S/C22H21N3O5S/c1-16-12-17(2)14-18(13-16)23-22(26)15-24(19-8-10-20(11-9-19)25(27)28)31(29,30)21-6-4-3-5-7-21/h3-14H,15H2,1-2H3,(H,23,26). The molecule has 3 aromatic carbocycles. The quantitative estimate of drug-likeness (QED) is 0.441. The summed E-state index contributed by atoms with van der Waals surface area (Å²) in [4.78, 5) is 23.1. The Labute approximate surface area is 180 Å². The summed E-state index contributed by atoms with van der Waals surface area (Å²) in [5, 5.41) is 13.7. The number of benzene rings is 3. The number of nitrogens with one attached hydrogen (secondary N) is 1. The molecule has 1 amide bonds. The first kappa shape index (κ1) is 22.0. The Hall–Kier alpha value is -3.72. The third-order valence-corrected chi connectivity index (χ3v) is 6.26. The molecule has 31 heavy (non-hydrogen) atoms. The third kappa shape index (κ3) is 5.26. The van der Waals surface area contributed by atoms with Crippen molar-refractivity contribution in [1.82, 2.24) is 0 Å². The van der Waals surface area contributed by atoms with Gasteiger partial charge in [-0.2, -0.15) is 0 Å². The molecule has 9 heteroatoms. The summed E-state index contributed by atoms with van der Waals surface area (Å²) in [5.41, 5.74) is 2.44. The summed E-state index contributed by atoms with van der Waals surface area (Å²) >= 11 is 0. The van der Waals surface area contributed by atoms with E-state index in [1.807, 2.05) is 19.9 Å². The van der Waals surface area contributed by atoms with Gasteiger partial charge in [-0.3, -0.25) is 19.2 Å². The molecule has 0 aliphatic heterocycles. The number of sulfonamides is 1. The van der Waals surface area contributed by atoms with Gasteiger partial charge >= 0.3 is 0 Å². The number of carbonyl (C=O) groups is 1. The molecule has 0 heterocycles. The van der Waals surface area contributed by atoms with Crippen LogP contribution in [0.1, 0.15) is 11.1 Å². The molecule has 3 aromatic rings. The summed E-state index contributed by atoms with van der Waals surface area (Å²) in [7, 11) is -4.09. The first-order valence-electron chi connectivity index (χ1n) is 9.37. The van der Waals surface area contributed by atoms with E-state index in [0.29, 0.717) is 5.69 Å². The molecule has 0 saturated heterocycles. The Bertz CT molecular complexity index is 1190. The Kier molecular flexibility index (Phi) is 6.36. The number of anilines is 2. The largest absolute Gasteiger partial charge is 0.324 e. The first-order chi connectivity index (χ1) is 14.7. The second kappa shape index (κ2) is 8.97. The molecule has 0 aliphatic carbocycles. The molecule has 0 unspecified atom stereocenters. The Morgan fingerprint density at radius 3 is 2.10 bits per heavy atom. The predicted molar refractivity (Wildman–Crippen MR) is 119 cm³/mol. The zero-order valence-electron chi connectivity index (χ0n) is 17.0. The maximum absolute atomic E-state index is 13.3. The molecule has 1 N–H and O–H groups in total. The van der Waals surface area contributed by atoms with Crippen molar-refractivity contribution in [3.63, 3.8) is 0 Å². The Morgan fingerprint density at radius 2 is 1.55 bits per heavy atom. The highest BCUT2D eigenvalue weighted by Gasteiger charge is 2.27. The lowest BCUT2D eigenvalue weighted by atomic mass is 10.1. The van der Waals surface area contributed by atoms with Crippen molar-refractivity contribution in [3.05, 3.63) is 94.0 Å². The van der Waals surface area contributed by atoms with Gasteiger partial charge in [0.25, 0.3) is 15.7 Å². The van der Waals surface area contributed by atoms with Crippen molar-refractivity contribution < 1.29 is 18.1 Å². The lowest BCUT2D eigenvalue weighted by Gasteiger charge is -2.24. The number of nitro groups is 1. The second-order valence-corrected chi connectivity index (χ2v) is 8.89. The van der Waals surface area contributed by atoms with Crippen LogP contribution >= 0.6 is 0 Å². The van der Waals surface area contributed by atoms with Crippen LogP contribution in [0.25, 0.3) is 0 Å². The number of aryl methyl sites for hydroxylation is 2. The zero-order chi connectivity index (χ0) is 22.6. The topological polar surface area (TPSA) is 110 Å². The first-order valence-corrected chi connectivity index (χ1v) is 10.8. The fourth-order valence-electron chi connectivity index (χ4n) is 3.15. The zero-order valence-corrected chi connectivity index (χ0v) is 17.8. The highest BCUT2D eigenvalue weighted by atomic mass is 32.2. The molecule has 0 radical (unpaired) electrons. The summed E-state index contributed by atoms with van der Waals surface area (Å²) < 4.78 is 27.5. The number of non-ortho nitro benzene ring substituents is 1. The average molecular weight is 439 g/mol. The number of carbonyl (C=O) groups excluding carboxylic acids is 1. The van der Waals surface area contributed by atoms with E-state index in [9.17, 15) is 23.3 Å². The monoisotopic (exact) mass is 439 g/mol. The van der Waals surface area contributed by atoms with E-state index in [0.717, 1.165) is 15.4 Å². The average Bonchev–Trinajstić information content (AvgIpc) is 2.72. The van der Waals surface area contributed by atoms with Crippen LogP contribution in [0.4, 0.5) is 17.1 Å². The van der Waals surface area contributed by atoms with Crippen molar-refractivity contribution in [1.29, 1.82) is 0 Å². The summed E-state index contributed by atoms with van der Waals surface area (Å²) in [6.07, 6.45) is 0. The van der Waals surface area contributed by atoms with Crippen LogP contribution in [0, 0.1) is 24.0 Å². The maximum Gasteiger partial charge on any atom is 0.269 e. The molecule has 0 spiro atoms. The van der Waals surface area contributed by atoms with Crippen molar-refractivity contribution in [2.24, 2.45) is 0 Å². The van der Waals surface area contributed by atoms with Gasteiger partial charge in [-0.1, -0.05) is 24.3 Å². The lowest BCUT2D eigenvalue weighted by Crippen LogP contribution is -2.38. The summed E-state index contributed by atoms with van der Waals surface area (Å²) in [6, 6.07) is 18.2. The van der Waals surface area contributed by atoms with Crippen molar-refractivity contribution in [2.75, 3.05) is 16.2 Å². The molecule has 8 nitrogen and oxygen atoms in total. The molecule has 0 bridgehead atoms. The third-order valence-electron chi connectivity index (χ3n) is 4.47. The van der Waals surface area contributed by atoms with Gasteiger partial charge in [0.2, 0.25) is 5.91 Å². The molecule has 0 aromatic heterocycles. The van der Waals surface area contributed by atoms with E-state index in [2.05, 4.69) is 5.32 Å². The SMILES string of the molecule is Cc1cc(C)cc(NC(=O)CN(c2ccc([N+](=O)[O-])cc2)S(=O)(=O)c2ccccc2)c1.